The van der Waals surface area contributed by atoms with E-state index in [0.717, 1.165) is 18.4 Å². The second-order valence-corrected chi connectivity index (χ2v) is 5.46. The van der Waals surface area contributed by atoms with Crippen molar-refractivity contribution in [1.29, 1.82) is 0 Å². The first-order valence-corrected chi connectivity index (χ1v) is 7.14. The molecule has 0 saturated heterocycles. The number of nitrogens with one attached hydrogen (secondary N) is 1. The number of carbonyl (C=O) groups is 1. The molecule has 7 heteroatoms. The lowest BCUT2D eigenvalue weighted by Crippen LogP contribution is -2.34. The molecule has 0 unspecified atom stereocenters. The van der Waals surface area contributed by atoms with E-state index in [0.29, 0.717) is 19.4 Å². The smallest absolute Gasteiger partial charge is 0.481 e. The van der Waals surface area contributed by atoms with Crippen molar-refractivity contribution in [2.45, 2.75) is 44.6 Å². The molecule has 1 saturated carbocycles. The molecule has 22 heavy (non-hydrogen) atoms. The first-order valence-electron chi connectivity index (χ1n) is 7.14. The van der Waals surface area contributed by atoms with E-state index in [9.17, 15) is 18.0 Å². The third-order valence-corrected chi connectivity index (χ3v) is 3.83. The first kappa shape index (κ1) is 16.6. The van der Waals surface area contributed by atoms with Crippen molar-refractivity contribution in [2.75, 3.05) is 0 Å². The summed E-state index contributed by atoms with van der Waals surface area (Å²) in [5, 5.41) is 12.2. The van der Waals surface area contributed by atoms with Crippen LogP contribution in [0.3, 0.4) is 0 Å². The summed E-state index contributed by atoms with van der Waals surface area (Å²) >= 11 is 0. The number of hydrogen-bond acceptors (Lipinski definition) is 3. The SMILES string of the molecule is O=C(O)C1CCC(NCc2ccc(OC(F)(F)F)cc2)CC1. The number of carboxylic acids is 1. The lowest BCUT2D eigenvalue weighted by atomic mass is 9.86. The van der Waals surface area contributed by atoms with Gasteiger partial charge in [0.25, 0.3) is 0 Å². The fraction of sp³-hybridized carbons (Fsp3) is 0.533. The van der Waals surface area contributed by atoms with Crippen LogP contribution in [0, 0.1) is 5.92 Å². The fourth-order valence-electron chi connectivity index (χ4n) is 2.62. The Kier molecular flexibility index (Phi) is 5.28. The molecule has 0 amide bonds. The number of hydrogen-bond donors (Lipinski definition) is 2. The molecule has 1 aromatic rings. The van der Waals surface area contributed by atoms with Crippen LogP contribution in [0.15, 0.2) is 24.3 Å². The van der Waals surface area contributed by atoms with Crippen LogP contribution < -0.4 is 10.1 Å². The number of carboxylic acid groups (broad SMARTS) is 1. The molecule has 0 atom stereocenters. The third kappa shape index (κ3) is 5.22. The van der Waals surface area contributed by atoms with Gasteiger partial charge in [0.05, 0.1) is 5.92 Å². The average Bonchev–Trinajstić information content (AvgIpc) is 2.45. The Bertz CT molecular complexity index is 494. The van der Waals surface area contributed by atoms with E-state index in [4.69, 9.17) is 5.11 Å². The molecule has 4 nitrogen and oxygen atoms in total. The largest absolute Gasteiger partial charge is 0.573 e. The molecule has 1 aliphatic rings. The lowest BCUT2D eigenvalue weighted by molar-refractivity contribution is -0.274. The molecule has 0 aliphatic heterocycles. The number of aliphatic carboxylic acids is 1. The molecule has 0 radical (unpaired) electrons. The maximum atomic E-state index is 12.0. The first-order chi connectivity index (χ1) is 10.3. The van der Waals surface area contributed by atoms with Gasteiger partial charge >= 0.3 is 12.3 Å². The Hall–Kier alpha value is -1.76. The van der Waals surface area contributed by atoms with Crippen LogP contribution in [-0.4, -0.2) is 23.5 Å². The van der Waals surface area contributed by atoms with Gasteiger partial charge in [0, 0.05) is 12.6 Å². The average molecular weight is 317 g/mol. The maximum Gasteiger partial charge on any atom is 0.573 e. The second-order valence-electron chi connectivity index (χ2n) is 5.46. The van der Waals surface area contributed by atoms with Crippen LogP contribution in [-0.2, 0) is 11.3 Å². The van der Waals surface area contributed by atoms with Gasteiger partial charge in [0.1, 0.15) is 5.75 Å². The van der Waals surface area contributed by atoms with Crippen LogP contribution >= 0.6 is 0 Å². The molecule has 122 valence electrons. The molecule has 0 aromatic heterocycles. The zero-order valence-electron chi connectivity index (χ0n) is 11.9. The standard InChI is InChI=1S/C15H18F3NO3/c16-15(17,18)22-13-7-1-10(2-8-13)9-19-12-5-3-11(4-6-12)14(20)21/h1-2,7-8,11-12,19H,3-6,9H2,(H,20,21). The van der Waals surface area contributed by atoms with Crippen molar-refractivity contribution in [3.8, 4) is 5.75 Å². The van der Waals surface area contributed by atoms with Crippen molar-refractivity contribution in [3.63, 3.8) is 0 Å². The number of halogens is 3. The van der Waals surface area contributed by atoms with E-state index in [-0.39, 0.29) is 17.7 Å². The van der Waals surface area contributed by atoms with E-state index in [2.05, 4.69) is 10.1 Å². The minimum Gasteiger partial charge on any atom is -0.481 e. The summed E-state index contributed by atoms with van der Waals surface area (Å²) in [6, 6.07) is 5.98. The highest BCUT2D eigenvalue weighted by Gasteiger charge is 2.31. The topological polar surface area (TPSA) is 58.6 Å². The summed E-state index contributed by atoms with van der Waals surface area (Å²) in [6.07, 6.45) is -1.77. The molecule has 0 spiro atoms. The van der Waals surface area contributed by atoms with Gasteiger partial charge in [0.15, 0.2) is 0 Å². The monoisotopic (exact) mass is 317 g/mol. The molecule has 1 aromatic carbocycles. The zero-order chi connectivity index (χ0) is 16.2. The highest BCUT2D eigenvalue weighted by molar-refractivity contribution is 5.70. The van der Waals surface area contributed by atoms with E-state index in [1.54, 1.807) is 12.1 Å². The van der Waals surface area contributed by atoms with Gasteiger partial charge in [0.2, 0.25) is 0 Å². The van der Waals surface area contributed by atoms with Gasteiger partial charge in [-0.2, -0.15) is 0 Å². The lowest BCUT2D eigenvalue weighted by Gasteiger charge is -2.27. The molecular formula is C15H18F3NO3. The maximum absolute atomic E-state index is 12.0. The Morgan fingerprint density at radius 1 is 1.18 bits per heavy atom. The van der Waals surface area contributed by atoms with Gasteiger partial charge in [-0.3, -0.25) is 4.79 Å². The van der Waals surface area contributed by atoms with E-state index in [1.807, 2.05) is 0 Å². The summed E-state index contributed by atoms with van der Waals surface area (Å²) in [5.41, 5.74) is 0.856. The Morgan fingerprint density at radius 3 is 2.27 bits per heavy atom. The Labute approximate surface area is 126 Å². The second kappa shape index (κ2) is 7.00. The van der Waals surface area contributed by atoms with Crippen molar-refractivity contribution in [1.82, 2.24) is 5.32 Å². The van der Waals surface area contributed by atoms with E-state index < -0.39 is 12.3 Å². The van der Waals surface area contributed by atoms with Crippen molar-refractivity contribution >= 4 is 5.97 Å². The predicted octanol–water partition coefficient (Wildman–Crippen LogP) is 3.32. The Balaban J connectivity index is 1.77. The molecule has 1 aliphatic carbocycles. The minimum absolute atomic E-state index is 0.238. The van der Waals surface area contributed by atoms with Gasteiger partial charge in [-0.05, 0) is 43.4 Å². The van der Waals surface area contributed by atoms with Crippen molar-refractivity contribution in [2.24, 2.45) is 5.92 Å². The van der Waals surface area contributed by atoms with Gasteiger partial charge in [-0.25, -0.2) is 0 Å². The third-order valence-electron chi connectivity index (χ3n) is 3.83. The van der Waals surface area contributed by atoms with E-state index >= 15 is 0 Å². The summed E-state index contributed by atoms with van der Waals surface area (Å²) in [7, 11) is 0. The molecule has 2 N–H and O–H groups in total. The quantitative estimate of drug-likeness (QED) is 0.875. The van der Waals surface area contributed by atoms with Gasteiger partial charge in [-0.1, -0.05) is 12.1 Å². The Morgan fingerprint density at radius 2 is 1.77 bits per heavy atom. The van der Waals surface area contributed by atoms with Crippen LogP contribution in [0.5, 0.6) is 5.75 Å². The summed E-state index contributed by atoms with van der Waals surface area (Å²) in [6.45, 7) is 0.536. The van der Waals surface area contributed by atoms with Crippen LogP contribution in [0.2, 0.25) is 0 Å². The van der Waals surface area contributed by atoms with E-state index in [1.165, 1.54) is 12.1 Å². The number of ether oxygens (including phenoxy) is 1. The highest BCUT2D eigenvalue weighted by Crippen LogP contribution is 2.25. The molecule has 0 bridgehead atoms. The predicted molar refractivity (Wildman–Crippen MR) is 73.3 cm³/mol. The summed E-state index contributed by atoms with van der Waals surface area (Å²) < 4.78 is 39.9. The molecule has 1 fully saturated rings. The minimum atomic E-state index is -4.68. The molecule has 2 rings (SSSR count). The van der Waals surface area contributed by atoms with Gasteiger partial charge < -0.3 is 15.2 Å². The number of alkyl halides is 3. The molecule has 0 heterocycles. The normalized spacial score (nSPS) is 22.3. The summed E-state index contributed by atoms with van der Waals surface area (Å²) in [4.78, 5) is 10.9. The summed E-state index contributed by atoms with van der Waals surface area (Å²) in [5.74, 6) is -1.23. The number of rotatable bonds is 5. The van der Waals surface area contributed by atoms with Crippen molar-refractivity contribution < 1.29 is 27.8 Å². The molecular weight excluding hydrogens is 299 g/mol. The number of benzene rings is 1. The zero-order valence-corrected chi connectivity index (χ0v) is 11.9. The van der Waals surface area contributed by atoms with Crippen molar-refractivity contribution in [3.05, 3.63) is 29.8 Å². The highest BCUT2D eigenvalue weighted by atomic mass is 19.4. The fourth-order valence-corrected chi connectivity index (χ4v) is 2.62. The van der Waals surface area contributed by atoms with Crippen LogP contribution in [0.4, 0.5) is 13.2 Å². The van der Waals surface area contributed by atoms with Gasteiger partial charge in [-0.15, -0.1) is 13.2 Å². The van der Waals surface area contributed by atoms with Crippen LogP contribution in [0.1, 0.15) is 31.2 Å². The van der Waals surface area contributed by atoms with Crippen LogP contribution in [0.25, 0.3) is 0 Å².